The van der Waals surface area contributed by atoms with E-state index in [1.165, 1.54) is 12.1 Å². The van der Waals surface area contributed by atoms with Gasteiger partial charge in [-0.3, -0.25) is 0 Å². The van der Waals surface area contributed by atoms with Crippen molar-refractivity contribution in [2.45, 2.75) is 74.2 Å². The second-order valence-corrected chi connectivity index (χ2v) is 20.6. The van der Waals surface area contributed by atoms with Gasteiger partial charge in [0, 0.05) is 59.4 Å². The summed E-state index contributed by atoms with van der Waals surface area (Å²) in [5, 5.41) is 3.43. The van der Waals surface area contributed by atoms with Crippen molar-refractivity contribution in [1.82, 2.24) is 38.7 Å². The van der Waals surface area contributed by atoms with Gasteiger partial charge in [-0.05, 0) is 111 Å². The molecule has 12 nitrogen and oxygen atoms in total. The highest BCUT2D eigenvalue weighted by Crippen LogP contribution is 2.35. The third-order valence-corrected chi connectivity index (χ3v) is 15.3. The molecule has 4 aromatic heterocycles. The Morgan fingerprint density at radius 2 is 0.985 bits per heavy atom. The van der Waals surface area contributed by atoms with Crippen molar-refractivity contribution < 1.29 is 16.8 Å². The highest BCUT2D eigenvalue weighted by molar-refractivity contribution is 8.13. The van der Waals surface area contributed by atoms with Gasteiger partial charge in [0.1, 0.15) is 22.7 Å². The number of halogens is 1. The minimum atomic E-state index is -3.56. The average Bonchev–Trinajstić information content (AvgIpc) is 3.95. The summed E-state index contributed by atoms with van der Waals surface area (Å²) in [7, 11) is -1.92. The van der Waals surface area contributed by atoms with E-state index >= 15 is 0 Å². The van der Waals surface area contributed by atoms with Gasteiger partial charge in [0.05, 0.1) is 9.79 Å². The number of aromatic nitrogens is 6. The number of fused-ring (bicyclic) bond motifs is 2. The number of hydrogen-bond acceptors (Lipinski definition) is 9. The molecule has 2 aliphatic rings. The molecule has 2 aliphatic heterocycles. The van der Waals surface area contributed by atoms with Gasteiger partial charge in [-0.25, -0.2) is 36.8 Å². The van der Waals surface area contributed by atoms with E-state index in [4.69, 9.17) is 20.7 Å². The van der Waals surface area contributed by atoms with E-state index in [0.29, 0.717) is 36.9 Å². The first kappa shape index (κ1) is 45.8. The summed E-state index contributed by atoms with van der Waals surface area (Å²) in [6, 6.07) is 42.8. The van der Waals surface area contributed by atoms with Gasteiger partial charge in [-0.1, -0.05) is 98.8 Å². The molecule has 1 N–H and O–H groups in total. The lowest BCUT2D eigenvalue weighted by Gasteiger charge is -2.32. The third kappa shape index (κ3) is 10.5. The van der Waals surface area contributed by atoms with E-state index < -0.39 is 19.1 Å². The van der Waals surface area contributed by atoms with Crippen LogP contribution in [0.2, 0.25) is 0 Å². The fourth-order valence-electron chi connectivity index (χ4n) is 8.47. The van der Waals surface area contributed by atoms with Gasteiger partial charge in [-0.2, -0.15) is 4.31 Å². The quantitative estimate of drug-likeness (QED) is 0.140. The zero-order chi connectivity index (χ0) is 45.4. The van der Waals surface area contributed by atoms with Crippen LogP contribution in [0.1, 0.15) is 62.7 Å². The Labute approximate surface area is 385 Å². The smallest absolute Gasteiger partial charge is 0.261 e. The lowest BCUT2D eigenvalue weighted by atomic mass is 10.1. The van der Waals surface area contributed by atoms with Crippen molar-refractivity contribution in [3.63, 3.8) is 0 Å². The predicted molar refractivity (Wildman–Crippen MR) is 259 cm³/mol. The summed E-state index contributed by atoms with van der Waals surface area (Å²) in [4.78, 5) is 19.4. The van der Waals surface area contributed by atoms with E-state index in [2.05, 4.69) is 67.7 Å². The second kappa shape index (κ2) is 20.6. The first-order valence-electron chi connectivity index (χ1n) is 22.1. The fraction of sp³-hybridized carbons (Fsp3) is 0.280. The number of aryl methyl sites for hydroxylation is 2. The molecule has 0 amide bonds. The maximum Gasteiger partial charge on any atom is 0.261 e. The first-order valence-corrected chi connectivity index (χ1v) is 25.9. The van der Waals surface area contributed by atoms with Crippen LogP contribution in [-0.2, 0) is 31.9 Å². The summed E-state index contributed by atoms with van der Waals surface area (Å²) in [6.45, 7) is 7.14. The van der Waals surface area contributed by atoms with E-state index in [1.807, 2.05) is 73.8 Å². The largest absolute Gasteiger partial charge is 0.317 e. The molecular formula is C50H53ClN8O4S2. The molecule has 0 atom stereocenters. The maximum absolute atomic E-state index is 13.2. The Morgan fingerprint density at radius 3 is 1.42 bits per heavy atom. The summed E-state index contributed by atoms with van der Waals surface area (Å²) < 4.78 is 54.1. The van der Waals surface area contributed by atoms with Gasteiger partial charge in [-0.15, -0.1) is 0 Å². The minimum absolute atomic E-state index is 0.138. The molecule has 0 unspecified atom stereocenters. The zero-order valence-electron chi connectivity index (χ0n) is 36.5. The van der Waals surface area contributed by atoms with Crippen LogP contribution in [0.3, 0.4) is 0 Å². The molecule has 8 aromatic rings. The third-order valence-electron chi connectivity index (χ3n) is 12.0. The summed E-state index contributed by atoms with van der Waals surface area (Å²) in [6.07, 6.45) is 9.11. The minimum Gasteiger partial charge on any atom is -0.317 e. The van der Waals surface area contributed by atoms with Crippen molar-refractivity contribution in [2.75, 3.05) is 26.2 Å². The highest BCUT2D eigenvalue weighted by atomic mass is 35.7. The monoisotopic (exact) mass is 928 g/mol. The highest BCUT2D eigenvalue weighted by Gasteiger charge is 2.32. The van der Waals surface area contributed by atoms with E-state index in [1.54, 1.807) is 34.8 Å². The second-order valence-electron chi connectivity index (χ2n) is 16.1. The molecule has 0 bridgehead atoms. The lowest BCUT2D eigenvalue weighted by molar-refractivity contribution is 0.278. The molecule has 2 fully saturated rings. The van der Waals surface area contributed by atoms with Gasteiger partial charge in [0.15, 0.2) is 11.3 Å². The Morgan fingerprint density at radius 1 is 0.554 bits per heavy atom. The SMILES string of the molecule is CCc1ccc(S(=O)(=O)Cl)cc1.CCc1ccc(S(=O)(=O)N2CCC(n3c(-c4ccccc4)nc4cccnc43)CC2)cc1.c1ccc(-c2nc3cccnc3n2C2CCNCC2)cc1. The maximum atomic E-state index is 13.2. The molecule has 15 heteroatoms. The molecule has 6 heterocycles. The number of nitrogens with zero attached hydrogens (tertiary/aromatic N) is 7. The Kier molecular flexibility index (Phi) is 14.5. The van der Waals surface area contributed by atoms with Crippen molar-refractivity contribution in [3.8, 4) is 22.8 Å². The molecule has 10 rings (SSSR count). The molecule has 2 saturated heterocycles. The lowest BCUT2D eigenvalue weighted by Crippen LogP contribution is -2.39. The molecule has 65 heavy (non-hydrogen) atoms. The van der Waals surface area contributed by atoms with Crippen LogP contribution in [0.15, 0.2) is 156 Å². The molecule has 0 saturated carbocycles. The molecule has 0 radical (unpaired) electrons. The number of pyridine rings is 2. The van der Waals surface area contributed by atoms with Crippen LogP contribution in [0.5, 0.6) is 0 Å². The average molecular weight is 930 g/mol. The molecule has 0 spiro atoms. The number of rotatable bonds is 9. The zero-order valence-corrected chi connectivity index (χ0v) is 38.9. The summed E-state index contributed by atoms with van der Waals surface area (Å²) in [5.74, 6) is 1.92. The number of nitrogens with one attached hydrogen (secondary N) is 1. The standard InChI is InChI=1S/C25H26N4O2S.C17H18N4.C8H9ClO2S/c1-2-19-10-12-22(13-11-19)32(30,31)28-17-14-21(15-18-28)29-24(20-7-4-3-5-8-20)27-23-9-6-16-26-25(23)29;1-2-5-13(6-3-1)16-20-15-7-4-10-19-17(15)21(16)14-8-11-18-12-9-14;1-2-7-3-5-8(6-4-7)12(9,10)11/h3-13,16,21H,2,14-15,17-18H2,1H3;1-7,10,14,18H,8-9,11-12H2;3-6H,2H2,1H3. The van der Waals surface area contributed by atoms with Crippen LogP contribution in [0.4, 0.5) is 0 Å². The van der Waals surface area contributed by atoms with Crippen molar-refractivity contribution in [1.29, 1.82) is 0 Å². The Hall–Kier alpha value is -5.77. The van der Waals surface area contributed by atoms with Crippen molar-refractivity contribution in [3.05, 3.63) is 157 Å². The normalized spacial score (nSPS) is 15.2. The molecule has 0 aliphatic carbocycles. The fourth-order valence-corrected chi connectivity index (χ4v) is 10.7. The van der Waals surface area contributed by atoms with E-state index in [-0.39, 0.29) is 10.9 Å². The van der Waals surface area contributed by atoms with Crippen LogP contribution in [0.25, 0.3) is 45.1 Å². The Bertz CT molecular complexity index is 3040. The van der Waals surface area contributed by atoms with E-state index in [0.717, 1.165) is 95.0 Å². The number of piperidine rings is 2. The van der Waals surface area contributed by atoms with Crippen LogP contribution in [-0.4, -0.2) is 76.4 Å². The van der Waals surface area contributed by atoms with Crippen molar-refractivity contribution >= 4 is 52.1 Å². The summed E-state index contributed by atoms with van der Waals surface area (Å²) >= 11 is 0. The molecule has 4 aromatic carbocycles. The van der Waals surface area contributed by atoms with Crippen LogP contribution >= 0.6 is 10.7 Å². The number of hydrogen-bond donors (Lipinski definition) is 1. The van der Waals surface area contributed by atoms with Crippen LogP contribution < -0.4 is 5.32 Å². The van der Waals surface area contributed by atoms with Gasteiger partial charge in [0.25, 0.3) is 9.05 Å². The molecule has 336 valence electrons. The summed E-state index contributed by atoms with van der Waals surface area (Å²) in [5.41, 5.74) is 8.12. The van der Waals surface area contributed by atoms with Gasteiger partial charge >= 0.3 is 0 Å². The predicted octanol–water partition coefficient (Wildman–Crippen LogP) is 9.89. The number of benzene rings is 4. The number of imidazole rings is 2. The topological polar surface area (TPSA) is 145 Å². The number of sulfonamides is 1. The Balaban J connectivity index is 0.000000149. The van der Waals surface area contributed by atoms with Crippen molar-refractivity contribution in [2.24, 2.45) is 0 Å². The van der Waals surface area contributed by atoms with Gasteiger partial charge in [0.2, 0.25) is 10.0 Å². The first-order chi connectivity index (χ1) is 31.5. The molecular weight excluding hydrogens is 876 g/mol. The van der Waals surface area contributed by atoms with Gasteiger partial charge < -0.3 is 14.5 Å². The van der Waals surface area contributed by atoms with Crippen LogP contribution in [0, 0.1) is 0 Å². The van der Waals surface area contributed by atoms with E-state index in [9.17, 15) is 16.8 Å².